The summed E-state index contributed by atoms with van der Waals surface area (Å²) < 4.78 is 12.4. The molecule has 15 heavy (non-hydrogen) atoms. The van der Waals surface area contributed by atoms with Gasteiger partial charge < -0.3 is 10.2 Å². The van der Waals surface area contributed by atoms with Gasteiger partial charge in [-0.1, -0.05) is 0 Å². The van der Waals surface area contributed by atoms with E-state index < -0.39 is 0 Å². The highest BCUT2D eigenvalue weighted by Crippen LogP contribution is 2.19. The van der Waals surface area contributed by atoms with Crippen LogP contribution in [0.1, 0.15) is 25.7 Å². The van der Waals surface area contributed by atoms with Crippen molar-refractivity contribution in [3.63, 3.8) is 0 Å². The Morgan fingerprint density at radius 2 is 2.07 bits per heavy atom. The molecule has 4 heteroatoms. The molecule has 2 saturated heterocycles. The van der Waals surface area contributed by atoms with Crippen LogP contribution in [-0.2, 0) is 4.79 Å². The number of likely N-dealkylation sites (tertiary alicyclic amines) is 1. The number of hydrogen-bond acceptors (Lipinski definition) is 2. The number of halogens is 1. The second-order valence-electron chi connectivity index (χ2n) is 4.57. The summed E-state index contributed by atoms with van der Waals surface area (Å²) in [6.07, 6.45) is 3.71. The third kappa shape index (κ3) is 2.48. The molecule has 2 aliphatic heterocycles. The maximum absolute atomic E-state index is 12.4. The number of amides is 1. The van der Waals surface area contributed by atoms with Gasteiger partial charge in [-0.2, -0.15) is 0 Å². The number of nitrogens with one attached hydrogen (secondary N) is 1. The zero-order valence-corrected chi connectivity index (χ0v) is 9.04. The van der Waals surface area contributed by atoms with Gasteiger partial charge in [-0.3, -0.25) is 9.18 Å². The summed E-state index contributed by atoms with van der Waals surface area (Å²) in [7, 11) is 0. The largest absolute Gasteiger partial charge is 0.341 e. The lowest BCUT2D eigenvalue weighted by Crippen LogP contribution is -2.47. The van der Waals surface area contributed by atoms with Gasteiger partial charge in [0, 0.05) is 13.1 Å². The van der Waals surface area contributed by atoms with Crippen molar-refractivity contribution in [2.24, 2.45) is 5.92 Å². The van der Waals surface area contributed by atoms with Crippen LogP contribution in [0.25, 0.3) is 0 Å². The predicted molar refractivity (Wildman–Crippen MR) is 56.3 cm³/mol. The highest BCUT2D eigenvalue weighted by Gasteiger charge is 2.29. The molecule has 2 rings (SSSR count). The Labute approximate surface area is 90.0 Å². The monoisotopic (exact) mass is 214 g/mol. The van der Waals surface area contributed by atoms with Gasteiger partial charge in [0.15, 0.2) is 0 Å². The van der Waals surface area contributed by atoms with Crippen LogP contribution in [0.5, 0.6) is 0 Å². The Morgan fingerprint density at radius 1 is 1.33 bits per heavy atom. The molecular weight excluding hydrogens is 195 g/mol. The van der Waals surface area contributed by atoms with Crippen molar-refractivity contribution in [2.45, 2.75) is 31.7 Å². The molecule has 0 aromatic carbocycles. The number of alkyl halides is 1. The molecule has 0 saturated carbocycles. The van der Waals surface area contributed by atoms with Gasteiger partial charge in [0.1, 0.15) is 0 Å². The predicted octanol–water partition coefficient (Wildman–Crippen LogP) is 0.946. The van der Waals surface area contributed by atoms with Crippen molar-refractivity contribution in [3.8, 4) is 0 Å². The first-order valence-corrected chi connectivity index (χ1v) is 5.89. The van der Waals surface area contributed by atoms with Crippen LogP contribution in [0.4, 0.5) is 4.39 Å². The average molecular weight is 214 g/mol. The highest BCUT2D eigenvalue weighted by molar-refractivity contribution is 5.82. The zero-order valence-electron chi connectivity index (χ0n) is 9.04. The number of piperidine rings is 1. The van der Waals surface area contributed by atoms with Crippen molar-refractivity contribution < 1.29 is 9.18 Å². The van der Waals surface area contributed by atoms with E-state index in [4.69, 9.17) is 0 Å². The fourth-order valence-corrected chi connectivity index (χ4v) is 2.42. The Balaban J connectivity index is 1.81. The van der Waals surface area contributed by atoms with Gasteiger partial charge in [0.25, 0.3) is 0 Å². The van der Waals surface area contributed by atoms with Crippen LogP contribution >= 0.6 is 0 Å². The zero-order chi connectivity index (χ0) is 10.7. The van der Waals surface area contributed by atoms with Crippen molar-refractivity contribution in [2.75, 3.05) is 26.3 Å². The van der Waals surface area contributed by atoms with Crippen LogP contribution in [0.15, 0.2) is 0 Å². The molecule has 2 heterocycles. The lowest BCUT2D eigenvalue weighted by atomic mass is 9.98. The Kier molecular flexibility index (Phi) is 3.57. The first kappa shape index (κ1) is 10.9. The molecule has 0 aromatic rings. The smallest absolute Gasteiger partial charge is 0.239 e. The first-order valence-electron chi connectivity index (χ1n) is 5.89. The normalized spacial score (nSPS) is 28.3. The van der Waals surface area contributed by atoms with Gasteiger partial charge >= 0.3 is 0 Å². The van der Waals surface area contributed by atoms with E-state index in [2.05, 4.69) is 5.32 Å². The molecule has 1 amide bonds. The number of nitrogens with zero attached hydrogens (tertiary/aromatic N) is 1. The van der Waals surface area contributed by atoms with E-state index in [1.165, 1.54) is 0 Å². The van der Waals surface area contributed by atoms with Gasteiger partial charge in [0.2, 0.25) is 5.91 Å². The number of hydrogen-bond donors (Lipinski definition) is 1. The molecule has 2 aliphatic rings. The van der Waals surface area contributed by atoms with Crippen LogP contribution in [0, 0.1) is 5.92 Å². The van der Waals surface area contributed by atoms with Gasteiger partial charge in [0.05, 0.1) is 12.7 Å². The standard InChI is InChI=1S/C11H19FN2O/c12-8-9-3-6-14(7-4-9)11(15)10-2-1-5-13-10/h9-10,13H,1-8H2/t10-/m1/s1. The number of carbonyl (C=O) groups excluding carboxylic acids is 1. The molecule has 0 bridgehead atoms. The minimum Gasteiger partial charge on any atom is -0.341 e. The average Bonchev–Trinajstić information content (AvgIpc) is 2.82. The maximum Gasteiger partial charge on any atom is 0.239 e. The third-order valence-corrected chi connectivity index (χ3v) is 3.50. The van der Waals surface area contributed by atoms with Crippen LogP contribution in [0.3, 0.4) is 0 Å². The summed E-state index contributed by atoms with van der Waals surface area (Å²) in [5, 5.41) is 3.21. The van der Waals surface area contributed by atoms with E-state index in [9.17, 15) is 9.18 Å². The second kappa shape index (κ2) is 4.92. The lowest BCUT2D eigenvalue weighted by molar-refractivity contribution is -0.134. The number of rotatable bonds is 2. The number of carbonyl (C=O) groups is 1. The summed E-state index contributed by atoms with van der Waals surface area (Å²) in [5.74, 6) is 0.412. The van der Waals surface area contributed by atoms with E-state index >= 15 is 0 Å². The lowest BCUT2D eigenvalue weighted by Gasteiger charge is -2.32. The molecule has 0 aromatic heterocycles. The summed E-state index contributed by atoms with van der Waals surface area (Å²) in [6.45, 7) is 2.21. The Morgan fingerprint density at radius 3 is 2.60 bits per heavy atom. The van der Waals surface area contributed by atoms with Crippen molar-refractivity contribution in [1.29, 1.82) is 0 Å². The molecule has 1 atom stereocenters. The molecule has 0 unspecified atom stereocenters. The summed E-state index contributed by atoms with van der Waals surface area (Å²) >= 11 is 0. The first-order chi connectivity index (χ1) is 7.31. The minimum absolute atomic E-state index is 0.0342. The van der Waals surface area contributed by atoms with Gasteiger partial charge in [-0.25, -0.2) is 0 Å². The van der Waals surface area contributed by atoms with E-state index in [0.29, 0.717) is 0 Å². The Hall–Kier alpha value is -0.640. The van der Waals surface area contributed by atoms with Gasteiger partial charge in [-0.15, -0.1) is 0 Å². The maximum atomic E-state index is 12.4. The molecule has 1 N–H and O–H groups in total. The van der Waals surface area contributed by atoms with E-state index in [0.717, 1.165) is 45.3 Å². The van der Waals surface area contributed by atoms with E-state index in [-0.39, 0.29) is 24.5 Å². The van der Waals surface area contributed by atoms with Crippen LogP contribution in [0.2, 0.25) is 0 Å². The molecule has 0 radical (unpaired) electrons. The molecule has 86 valence electrons. The summed E-state index contributed by atoms with van der Waals surface area (Å²) in [6, 6.07) is 0.0342. The quantitative estimate of drug-likeness (QED) is 0.742. The Bertz CT molecular complexity index is 221. The SMILES string of the molecule is O=C([C@H]1CCCN1)N1CCC(CF)CC1. The highest BCUT2D eigenvalue weighted by atomic mass is 19.1. The van der Waals surface area contributed by atoms with E-state index in [1.807, 2.05) is 4.90 Å². The van der Waals surface area contributed by atoms with Gasteiger partial charge in [-0.05, 0) is 38.1 Å². The van der Waals surface area contributed by atoms with Crippen molar-refractivity contribution in [3.05, 3.63) is 0 Å². The van der Waals surface area contributed by atoms with E-state index in [1.54, 1.807) is 0 Å². The molecule has 0 spiro atoms. The second-order valence-corrected chi connectivity index (χ2v) is 4.57. The molecule has 3 nitrogen and oxygen atoms in total. The molecule has 2 fully saturated rings. The summed E-state index contributed by atoms with van der Waals surface area (Å²) in [5.41, 5.74) is 0. The fourth-order valence-electron chi connectivity index (χ4n) is 2.42. The summed E-state index contributed by atoms with van der Waals surface area (Å²) in [4.78, 5) is 13.9. The molecular formula is C11H19FN2O. The third-order valence-electron chi connectivity index (χ3n) is 3.50. The topological polar surface area (TPSA) is 32.3 Å². The van der Waals surface area contributed by atoms with Crippen molar-refractivity contribution >= 4 is 5.91 Å². The fraction of sp³-hybridized carbons (Fsp3) is 0.909. The van der Waals surface area contributed by atoms with Crippen LogP contribution < -0.4 is 5.32 Å². The minimum atomic E-state index is -0.232. The van der Waals surface area contributed by atoms with Crippen molar-refractivity contribution in [1.82, 2.24) is 10.2 Å². The van der Waals surface area contributed by atoms with Crippen LogP contribution in [-0.4, -0.2) is 43.2 Å². The molecule has 0 aliphatic carbocycles.